The van der Waals surface area contributed by atoms with Crippen LogP contribution in [0.4, 0.5) is 0 Å². The van der Waals surface area contributed by atoms with Crippen molar-refractivity contribution in [1.29, 1.82) is 0 Å². The quantitative estimate of drug-likeness (QED) is 0.906. The molecule has 3 nitrogen and oxygen atoms in total. The van der Waals surface area contributed by atoms with Gasteiger partial charge in [-0.25, -0.2) is 0 Å². The molecule has 0 aliphatic rings. The predicted octanol–water partition coefficient (Wildman–Crippen LogP) is 3.89. The molecule has 0 bridgehead atoms. The summed E-state index contributed by atoms with van der Waals surface area (Å²) in [6.45, 7) is 9.36. The second kappa shape index (κ2) is 5.25. The van der Waals surface area contributed by atoms with E-state index in [0.29, 0.717) is 0 Å². The van der Waals surface area contributed by atoms with Crippen LogP contribution in [-0.4, -0.2) is 12.6 Å². The third kappa shape index (κ3) is 2.92. The van der Waals surface area contributed by atoms with E-state index in [1.807, 2.05) is 12.1 Å². The smallest absolute Gasteiger partial charge is 0.176 e. The van der Waals surface area contributed by atoms with Gasteiger partial charge >= 0.3 is 0 Å². The number of para-hydroxylation sites is 1. The van der Waals surface area contributed by atoms with Gasteiger partial charge in [-0.1, -0.05) is 19.1 Å². The number of methoxy groups -OCH3 is 1. The molecule has 0 fully saturated rings. The first-order valence-electron chi connectivity index (χ1n) is 6.78. The van der Waals surface area contributed by atoms with Crippen LogP contribution in [0.15, 0.2) is 22.6 Å². The van der Waals surface area contributed by atoms with Gasteiger partial charge in [-0.05, 0) is 33.3 Å². The SMILES string of the molecule is CCc1c(CNC(C)(C)C)oc2c(OC)cccc12. The largest absolute Gasteiger partial charge is 0.493 e. The molecule has 2 aromatic rings. The number of aryl methyl sites for hydroxylation is 1. The summed E-state index contributed by atoms with van der Waals surface area (Å²) in [6, 6.07) is 6.05. The Morgan fingerprint density at radius 2 is 2.00 bits per heavy atom. The maximum absolute atomic E-state index is 6.02. The lowest BCUT2D eigenvalue weighted by Gasteiger charge is -2.19. The van der Waals surface area contributed by atoms with E-state index in [-0.39, 0.29) is 5.54 Å². The minimum absolute atomic E-state index is 0.0775. The van der Waals surface area contributed by atoms with Gasteiger partial charge < -0.3 is 14.5 Å². The Bertz CT molecular complexity index is 564. The van der Waals surface area contributed by atoms with Gasteiger partial charge in [0, 0.05) is 16.5 Å². The Morgan fingerprint density at radius 1 is 1.26 bits per heavy atom. The Morgan fingerprint density at radius 3 is 2.58 bits per heavy atom. The van der Waals surface area contributed by atoms with Crippen molar-refractivity contribution in [2.45, 2.75) is 46.2 Å². The van der Waals surface area contributed by atoms with E-state index >= 15 is 0 Å². The highest BCUT2D eigenvalue weighted by Gasteiger charge is 2.17. The van der Waals surface area contributed by atoms with Gasteiger partial charge in [-0.15, -0.1) is 0 Å². The van der Waals surface area contributed by atoms with E-state index in [1.165, 1.54) is 5.56 Å². The Balaban J connectivity index is 2.43. The topological polar surface area (TPSA) is 34.4 Å². The van der Waals surface area contributed by atoms with Gasteiger partial charge in [0.25, 0.3) is 0 Å². The number of rotatable bonds is 4. The van der Waals surface area contributed by atoms with Crippen LogP contribution in [0.3, 0.4) is 0 Å². The summed E-state index contributed by atoms with van der Waals surface area (Å²) in [5, 5.41) is 4.64. The van der Waals surface area contributed by atoms with Gasteiger partial charge in [-0.2, -0.15) is 0 Å². The van der Waals surface area contributed by atoms with Crippen LogP contribution in [-0.2, 0) is 13.0 Å². The molecule has 0 amide bonds. The molecule has 0 unspecified atom stereocenters. The van der Waals surface area contributed by atoms with E-state index in [0.717, 1.165) is 35.4 Å². The number of ether oxygens (including phenoxy) is 1. The van der Waals surface area contributed by atoms with Crippen LogP contribution in [0, 0.1) is 0 Å². The third-order valence-electron chi connectivity index (χ3n) is 3.22. The average molecular weight is 261 g/mol. The number of furan rings is 1. The molecule has 1 N–H and O–H groups in total. The van der Waals surface area contributed by atoms with Crippen molar-refractivity contribution >= 4 is 11.0 Å². The number of hydrogen-bond acceptors (Lipinski definition) is 3. The summed E-state index contributed by atoms with van der Waals surface area (Å²) in [6.07, 6.45) is 0.960. The summed E-state index contributed by atoms with van der Waals surface area (Å²) >= 11 is 0. The van der Waals surface area contributed by atoms with E-state index in [4.69, 9.17) is 9.15 Å². The monoisotopic (exact) mass is 261 g/mol. The van der Waals surface area contributed by atoms with Crippen LogP contribution in [0.25, 0.3) is 11.0 Å². The lowest BCUT2D eigenvalue weighted by atomic mass is 10.1. The number of hydrogen-bond donors (Lipinski definition) is 1. The minimum atomic E-state index is 0.0775. The number of fused-ring (bicyclic) bond motifs is 1. The van der Waals surface area contributed by atoms with Gasteiger partial charge in [0.1, 0.15) is 5.76 Å². The van der Waals surface area contributed by atoms with Crippen molar-refractivity contribution in [3.05, 3.63) is 29.5 Å². The molecule has 0 atom stereocenters. The van der Waals surface area contributed by atoms with E-state index in [2.05, 4.69) is 39.1 Å². The van der Waals surface area contributed by atoms with Gasteiger partial charge in [-0.3, -0.25) is 0 Å². The number of nitrogens with one attached hydrogen (secondary N) is 1. The summed E-state index contributed by atoms with van der Waals surface area (Å²) < 4.78 is 11.4. The molecule has 1 aromatic heterocycles. The van der Waals surface area contributed by atoms with Gasteiger partial charge in [0.05, 0.1) is 13.7 Å². The van der Waals surface area contributed by atoms with Crippen LogP contribution in [0.2, 0.25) is 0 Å². The Kier molecular flexibility index (Phi) is 3.85. The lowest BCUT2D eigenvalue weighted by Crippen LogP contribution is -2.35. The maximum Gasteiger partial charge on any atom is 0.176 e. The second-order valence-electron chi connectivity index (χ2n) is 5.80. The van der Waals surface area contributed by atoms with Crippen LogP contribution >= 0.6 is 0 Å². The van der Waals surface area contributed by atoms with Crippen molar-refractivity contribution in [3.8, 4) is 5.75 Å². The summed E-state index contributed by atoms with van der Waals surface area (Å²) in [4.78, 5) is 0. The van der Waals surface area contributed by atoms with Crippen molar-refractivity contribution in [1.82, 2.24) is 5.32 Å². The fraction of sp³-hybridized carbons (Fsp3) is 0.500. The third-order valence-corrected chi connectivity index (χ3v) is 3.22. The predicted molar refractivity (Wildman–Crippen MR) is 78.7 cm³/mol. The zero-order valence-electron chi connectivity index (χ0n) is 12.5. The molecule has 1 heterocycles. The Hall–Kier alpha value is -1.48. The normalized spacial score (nSPS) is 12.1. The van der Waals surface area contributed by atoms with Crippen LogP contribution < -0.4 is 10.1 Å². The molecule has 1 aromatic carbocycles. The fourth-order valence-electron chi connectivity index (χ4n) is 2.23. The molecule has 0 aliphatic carbocycles. The van der Waals surface area contributed by atoms with Crippen molar-refractivity contribution in [3.63, 3.8) is 0 Å². The molecule has 0 spiro atoms. The molecule has 0 aliphatic heterocycles. The summed E-state index contributed by atoms with van der Waals surface area (Å²) in [7, 11) is 1.68. The summed E-state index contributed by atoms with van der Waals surface area (Å²) in [5.74, 6) is 1.81. The van der Waals surface area contributed by atoms with Gasteiger partial charge in [0.15, 0.2) is 11.3 Å². The molecule has 0 saturated carbocycles. The maximum atomic E-state index is 6.02. The van der Waals surface area contributed by atoms with Crippen molar-refractivity contribution < 1.29 is 9.15 Å². The minimum Gasteiger partial charge on any atom is -0.493 e. The van der Waals surface area contributed by atoms with Crippen LogP contribution in [0.5, 0.6) is 5.75 Å². The first-order valence-corrected chi connectivity index (χ1v) is 6.78. The molecule has 0 saturated heterocycles. The molecule has 19 heavy (non-hydrogen) atoms. The highest BCUT2D eigenvalue weighted by Crippen LogP contribution is 2.33. The standard InChI is InChI=1S/C16H23NO2/c1-6-11-12-8-7-9-13(18-5)15(12)19-14(11)10-17-16(2,3)4/h7-9,17H,6,10H2,1-5H3. The molecule has 0 radical (unpaired) electrons. The van der Waals surface area contributed by atoms with Gasteiger partial charge in [0.2, 0.25) is 0 Å². The Labute approximate surface area is 114 Å². The highest BCUT2D eigenvalue weighted by atomic mass is 16.5. The van der Waals surface area contributed by atoms with Crippen molar-refractivity contribution in [2.75, 3.05) is 7.11 Å². The van der Waals surface area contributed by atoms with Crippen LogP contribution in [0.1, 0.15) is 39.0 Å². The lowest BCUT2D eigenvalue weighted by molar-refractivity contribution is 0.384. The fourth-order valence-corrected chi connectivity index (χ4v) is 2.23. The molecular formula is C16H23NO2. The average Bonchev–Trinajstić information content (AvgIpc) is 2.72. The van der Waals surface area contributed by atoms with Crippen molar-refractivity contribution in [2.24, 2.45) is 0 Å². The van der Waals surface area contributed by atoms with E-state index < -0.39 is 0 Å². The molecule has 2 rings (SSSR count). The second-order valence-corrected chi connectivity index (χ2v) is 5.80. The summed E-state index contributed by atoms with van der Waals surface area (Å²) in [5.41, 5.74) is 2.20. The molecule has 104 valence electrons. The number of benzene rings is 1. The first kappa shape index (κ1) is 13.9. The van der Waals surface area contributed by atoms with E-state index in [9.17, 15) is 0 Å². The zero-order chi connectivity index (χ0) is 14.0. The molecular weight excluding hydrogens is 238 g/mol. The highest BCUT2D eigenvalue weighted by molar-refractivity contribution is 5.87. The van der Waals surface area contributed by atoms with E-state index in [1.54, 1.807) is 7.11 Å². The first-order chi connectivity index (χ1) is 8.96. The molecule has 3 heteroatoms. The zero-order valence-corrected chi connectivity index (χ0v) is 12.5.